The monoisotopic (exact) mass is 308 g/mol. The minimum atomic E-state index is -4.55. The fraction of sp³-hybridized carbons (Fsp3) is 0.0667. The molecule has 0 aromatic heterocycles. The Morgan fingerprint density at radius 3 is 1.82 bits per heavy atom. The number of benzene rings is 2. The molecule has 114 valence electrons. The number of halogens is 3. The highest BCUT2D eigenvalue weighted by molar-refractivity contribution is 6.08. The van der Waals surface area contributed by atoms with E-state index in [0.717, 1.165) is 12.1 Å². The third-order valence-corrected chi connectivity index (χ3v) is 3.07. The van der Waals surface area contributed by atoms with Crippen LogP contribution in [-0.2, 0) is 6.18 Å². The lowest BCUT2D eigenvalue weighted by atomic mass is 9.92. The molecular formula is C15H11F3N2O2. The Hall–Kier alpha value is -2.83. The van der Waals surface area contributed by atoms with Crippen LogP contribution in [0, 0.1) is 0 Å². The predicted octanol–water partition coefficient (Wildman–Crippen LogP) is 2.57. The molecule has 2 amide bonds. The molecular weight excluding hydrogens is 297 g/mol. The highest BCUT2D eigenvalue weighted by Crippen LogP contribution is 2.34. The van der Waals surface area contributed by atoms with E-state index in [1.165, 1.54) is 30.3 Å². The molecule has 0 aliphatic heterocycles. The third kappa shape index (κ3) is 2.93. The number of carbonyl (C=O) groups excluding carboxylic acids is 2. The van der Waals surface area contributed by atoms with Crippen molar-refractivity contribution in [1.29, 1.82) is 0 Å². The zero-order chi connectivity index (χ0) is 16.5. The molecule has 0 bridgehead atoms. The van der Waals surface area contributed by atoms with E-state index in [4.69, 9.17) is 11.5 Å². The van der Waals surface area contributed by atoms with E-state index in [9.17, 15) is 22.8 Å². The number of nitrogens with two attached hydrogens (primary N) is 2. The SMILES string of the molecule is NC(=O)c1cccc(C(N)=O)c1-c1cccc(C(F)(F)F)c1. The van der Waals surface area contributed by atoms with Crippen molar-refractivity contribution in [1.82, 2.24) is 0 Å². The molecule has 0 saturated heterocycles. The molecule has 0 radical (unpaired) electrons. The second-order valence-corrected chi connectivity index (χ2v) is 4.54. The maximum Gasteiger partial charge on any atom is 0.416 e. The summed E-state index contributed by atoms with van der Waals surface area (Å²) in [6, 6.07) is 8.30. The quantitative estimate of drug-likeness (QED) is 0.913. The number of alkyl halides is 3. The molecule has 0 aliphatic carbocycles. The van der Waals surface area contributed by atoms with Gasteiger partial charge in [-0.05, 0) is 29.8 Å². The first-order valence-corrected chi connectivity index (χ1v) is 6.12. The van der Waals surface area contributed by atoms with E-state index in [0.29, 0.717) is 0 Å². The van der Waals surface area contributed by atoms with Crippen LogP contribution in [0.3, 0.4) is 0 Å². The first-order valence-electron chi connectivity index (χ1n) is 6.12. The van der Waals surface area contributed by atoms with Gasteiger partial charge in [-0.1, -0.05) is 18.2 Å². The Morgan fingerprint density at radius 2 is 1.36 bits per heavy atom. The molecule has 22 heavy (non-hydrogen) atoms. The molecule has 0 fully saturated rings. The number of rotatable bonds is 3. The highest BCUT2D eigenvalue weighted by atomic mass is 19.4. The van der Waals surface area contributed by atoms with Crippen LogP contribution in [0.25, 0.3) is 11.1 Å². The number of carbonyl (C=O) groups is 2. The smallest absolute Gasteiger partial charge is 0.366 e. The number of hydrogen-bond acceptors (Lipinski definition) is 2. The molecule has 4 N–H and O–H groups in total. The fourth-order valence-corrected chi connectivity index (χ4v) is 2.13. The standard InChI is InChI=1S/C15H11F3N2O2/c16-15(17,18)9-4-1-3-8(7-9)12-10(13(19)21)5-2-6-11(12)14(20)22/h1-7H,(H2,19,21)(H2,20,22). The van der Waals surface area contributed by atoms with Crippen LogP contribution >= 0.6 is 0 Å². The zero-order valence-corrected chi connectivity index (χ0v) is 11.1. The maximum atomic E-state index is 12.8. The van der Waals surface area contributed by atoms with Crippen LogP contribution in [0.15, 0.2) is 42.5 Å². The van der Waals surface area contributed by atoms with E-state index >= 15 is 0 Å². The van der Waals surface area contributed by atoms with Crippen molar-refractivity contribution in [3.05, 3.63) is 59.2 Å². The van der Waals surface area contributed by atoms with Crippen molar-refractivity contribution in [2.75, 3.05) is 0 Å². The summed E-state index contributed by atoms with van der Waals surface area (Å²) < 4.78 is 38.5. The molecule has 2 rings (SSSR count). The van der Waals surface area contributed by atoms with Gasteiger partial charge in [0.05, 0.1) is 5.56 Å². The van der Waals surface area contributed by atoms with Gasteiger partial charge in [0.15, 0.2) is 0 Å². The van der Waals surface area contributed by atoms with E-state index in [1.54, 1.807) is 0 Å². The fourth-order valence-electron chi connectivity index (χ4n) is 2.13. The summed E-state index contributed by atoms with van der Waals surface area (Å²) in [6.45, 7) is 0. The summed E-state index contributed by atoms with van der Waals surface area (Å²) in [5, 5.41) is 0. The van der Waals surface area contributed by atoms with Gasteiger partial charge in [0.1, 0.15) is 0 Å². The third-order valence-electron chi connectivity index (χ3n) is 3.07. The molecule has 7 heteroatoms. The summed E-state index contributed by atoms with van der Waals surface area (Å²) in [6.07, 6.45) is -4.55. The van der Waals surface area contributed by atoms with E-state index < -0.39 is 23.6 Å². The van der Waals surface area contributed by atoms with Crippen LogP contribution in [0.2, 0.25) is 0 Å². The lowest BCUT2D eigenvalue weighted by Crippen LogP contribution is -2.18. The summed E-state index contributed by atoms with van der Waals surface area (Å²) in [4.78, 5) is 23.0. The van der Waals surface area contributed by atoms with Crippen LogP contribution in [-0.4, -0.2) is 11.8 Å². The Morgan fingerprint density at radius 1 is 0.864 bits per heavy atom. The number of primary amides is 2. The molecule has 0 atom stereocenters. The minimum absolute atomic E-state index is 0.00593. The normalized spacial score (nSPS) is 11.2. The van der Waals surface area contributed by atoms with Gasteiger partial charge in [0.25, 0.3) is 0 Å². The van der Waals surface area contributed by atoms with Crippen molar-refractivity contribution in [2.45, 2.75) is 6.18 Å². The Kier molecular flexibility index (Phi) is 3.90. The van der Waals surface area contributed by atoms with Gasteiger partial charge < -0.3 is 11.5 Å². The first-order chi connectivity index (χ1) is 10.2. The van der Waals surface area contributed by atoms with Gasteiger partial charge in [-0.2, -0.15) is 13.2 Å². The largest absolute Gasteiger partial charge is 0.416 e. The summed E-state index contributed by atoms with van der Waals surface area (Å²) in [7, 11) is 0. The van der Waals surface area contributed by atoms with Gasteiger partial charge in [0, 0.05) is 16.7 Å². The predicted molar refractivity (Wildman–Crippen MR) is 73.9 cm³/mol. The number of amides is 2. The maximum absolute atomic E-state index is 12.8. The van der Waals surface area contributed by atoms with Crippen LogP contribution in [0.1, 0.15) is 26.3 Å². The summed E-state index contributed by atoms with van der Waals surface area (Å²) >= 11 is 0. The second kappa shape index (κ2) is 5.51. The summed E-state index contributed by atoms with van der Waals surface area (Å²) in [5.41, 5.74) is 9.45. The molecule has 2 aromatic carbocycles. The minimum Gasteiger partial charge on any atom is -0.366 e. The van der Waals surface area contributed by atoms with Crippen molar-refractivity contribution in [3.8, 4) is 11.1 Å². The molecule has 4 nitrogen and oxygen atoms in total. The lowest BCUT2D eigenvalue weighted by molar-refractivity contribution is -0.137. The average molecular weight is 308 g/mol. The number of hydrogen-bond donors (Lipinski definition) is 2. The van der Waals surface area contributed by atoms with E-state index in [-0.39, 0.29) is 22.3 Å². The topological polar surface area (TPSA) is 86.2 Å². The summed E-state index contributed by atoms with van der Waals surface area (Å²) in [5.74, 6) is -1.73. The molecule has 0 aliphatic rings. The van der Waals surface area contributed by atoms with Crippen LogP contribution < -0.4 is 11.5 Å². The van der Waals surface area contributed by atoms with Crippen molar-refractivity contribution in [2.24, 2.45) is 11.5 Å². The molecule has 0 heterocycles. The average Bonchev–Trinajstić information content (AvgIpc) is 2.45. The van der Waals surface area contributed by atoms with Crippen molar-refractivity contribution in [3.63, 3.8) is 0 Å². The van der Waals surface area contributed by atoms with Gasteiger partial charge in [-0.3, -0.25) is 9.59 Å². The Labute approximate surface area is 123 Å². The molecule has 2 aromatic rings. The van der Waals surface area contributed by atoms with Gasteiger partial charge in [-0.15, -0.1) is 0 Å². The highest BCUT2D eigenvalue weighted by Gasteiger charge is 2.31. The molecule has 0 saturated carbocycles. The zero-order valence-electron chi connectivity index (χ0n) is 11.1. The second-order valence-electron chi connectivity index (χ2n) is 4.54. The van der Waals surface area contributed by atoms with Crippen LogP contribution in [0.4, 0.5) is 13.2 Å². The van der Waals surface area contributed by atoms with Gasteiger partial charge in [0.2, 0.25) is 11.8 Å². The Bertz CT molecular complexity index is 722. The van der Waals surface area contributed by atoms with E-state index in [2.05, 4.69) is 0 Å². The van der Waals surface area contributed by atoms with Crippen molar-refractivity contribution >= 4 is 11.8 Å². The lowest BCUT2D eigenvalue weighted by Gasteiger charge is -2.13. The molecule has 0 spiro atoms. The van der Waals surface area contributed by atoms with Crippen LogP contribution in [0.5, 0.6) is 0 Å². The van der Waals surface area contributed by atoms with Gasteiger partial charge >= 0.3 is 6.18 Å². The first kappa shape index (κ1) is 15.6. The molecule has 0 unspecified atom stereocenters. The van der Waals surface area contributed by atoms with Gasteiger partial charge in [-0.25, -0.2) is 0 Å². The Balaban J connectivity index is 2.76. The van der Waals surface area contributed by atoms with Crippen molar-refractivity contribution < 1.29 is 22.8 Å². The van der Waals surface area contributed by atoms with E-state index in [1.807, 2.05) is 0 Å².